The van der Waals surface area contributed by atoms with Crippen molar-refractivity contribution in [3.8, 4) is 0 Å². The maximum Gasteiger partial charge on any atom is 0.244 e. The van der Waals surface area contributed by atoms with Crippen molar-refractivity contribution in [1.29, 1.82) is 0 Å². The first-order valence-corrected chi connectivity index (χ1v) is 8.16. The first-order chi connectivity index (χ1) is 10.5. The number of aryl methyl sites for hydroxylation is 1. The van der Waals surface area contributed by atoms with Crippen molar-refractivity contribution in [2.24, 2.45) is 0 Å². The van der Waals surface area contributed by atoms with Gasteiger partial charge in [0.1, 0.15) is 6.04 Å². The first-order valence-electron chi connectivity index (χ1n) is 8.16. The standard InChI is InChI=1S/C18H26N2O2/c1-14-5-4-6-15(13-14)16(19(2)3)17(21)20-10-7-18(8-11-20)9-12-22-18/h4-6,13,16H,7-12H2,1-3H3/t16-/m1/s1. The lowest BCUT2D eigenvalue weighted by molar-refractivity contribution is -0.177. The van der Waals surface area contributed by atoms with E-state index in [2.05, 4.69) is 25.1 Å². The summed E-state index contributed by atoms with van der Waals surface area (Å²) in [5, 5.41) is 0. The highest BCUT2D eigenvalue weighted by Crippen LogP contribution is 2.37. The van der Waals surface area contributed by atoms with E-state index in [1.807, 2.05) is 30.0 Å². The summed E-state index contributed by atoms with van der Waals surface area (Å²) in [5.41, 5.74) is 2.36. The van der Waals surface area contributed by atoms with Crippen LogP contribution in [0.5, 0.6) is 0 Å². The van der Waals surface area contributed by atoms with Gasteiger partial charge in [-0.3, -0.25) is 9.69 Å². The number of ether oxygens (including phenoxy) is 1. The number of nitrogens with zero attached hydrogens (tertiary/aromatic N) is 2. The van der Waals surface area contributed by atoms with Gasteiger partial charge in [-0.25, -0.2) is 0 Å². The Labute approximate surface area is 133 Å². The quantitative estimate of drug-likeness (QED) is 0.859. The third-order valence-corrected chi connectivity index (χ3v) is 5.06. The number of hydrogen-bond acceptors (Lipinski definition) is 3. The number of likely N-dealkylation sites (tertiary alicyclic amines) is 1. The normalized spacial score (nSPS) is 21.7. The summed E-state index contributed by atoms with van der Waals surface area (Å²) in [7, 11) is 3.96. The third-order valence-electron chi connectivity index (χ3n) is 5.06. The van der Waals surface area contributed by atoms with Crippen LogP contribution < -0.4 is 0 Å². The van der Waals surface area contributed by atoms with Crippen molar-refractivity contribution in [2.75, 3.05) is 33.8 Å². The lowest BCUT2D eigenvalue weighted by Gasteiger charge is -2.48. The van der Waals surface area contributed by atoms with E-state index in [4.69, 9.17) is 4.74 Å². The van der Waals surface area contributed by atoms with Gasteiger partial charge in [-0.05, 0) is 45.8 Å². The molecular weight excluding hydrogens is 276 g/mol. The molecule has 4 heteroatoms. The molecule has 0 aromatic heterocycles. The van der Waals surface area contributed by atoms with Gasteiger partial charge >= 0.3 is 0 Å². The van der Waals surface area contributed by atoms with E-state index in [0.29, 0.717) is 0 Å². The second-order valence-corrected chi connectivity index (χ2v) is 6.89. The highest BCUT2D eigenvalue weighted by molar-refractivity contribution is 5.83. The Kier molecular flexibility index (Phi) is 4.24. The molecule has 120 valence electrons. The Balaban J connectivity index is 1.73. The Morgan fingerprint density at radius 2 is 1.95 bits per heavy atom. The van der Waals surface area contributed by atoms with Crippen LogP contribution in [0, 0.1) is 6.92 Å². The topological polar surface area (TPSA) is 32.8 Å². The van der Waals surface area contributed by atoms with E-state index in [1.165, 1.54) is 5.56 Å². The summed E-state index contributed by atoms with van der Waals surface area (Å²) in [6.07, 6.45) is 3.11. The number of amides is 1. The van der Waals surface area contributed by atoms with E-state index in [9.17, 15) is 4.79 Å². The van der Waals surface area contributed by atoms with Crippen LogP contribution in [0.3, 0.4) is 0 Å². The molecule has 0 aliphatic carbocycles. The van der Waals surface area contributed by atoms with Crippen LogP contribution in [0.4, 0.5) is 0 Å². The molecule has 2 aliphatic rings. The summed E-state index contributed by atoms with van der Waals surface area (Å²) in [4.78, 5) is 17.0. The zero-order valence-corrected chi connectivity index (χ0v) is 13.8. The van der Waals surface area contributed by atoms with Gasteiger partial charge in [0.05, 0.1) is 12.2 Å². The predicted octanol–water partition coefficient (Wildman–Crippen LogP) is 2.38. The number of likely N-dealkylation sites (N-methyl/N-ethyl adjacent to an activating group) is 1. The molecule has 0 bridgehead atoms. The minimum Gasteiger partial charge on any atom is -0.375 e. The van der Waals surface area contributed by atoms with Gasteiger partial charge in [-0.15, -0.1) is 0 Å². The highest BCUT2D eigenvalue weighted by atomic mass is 16.5. The lowest BCUT2D eigenvalue weighted by Crippen LogP contribution is -2.54. The molecule has 4 nitrogen and oxygen atoms in total. The van der Waals surface area contributed by atoms with Crippen molar-refractivity contribution in [3.05, 3.63) is 35.4 Å². The third kappa shape index (κ3) is 2.90. The zero-order valence-electron chi connectivity index (χ0n) is 13.8. The van der Waals surface area contributed by atoms with E-state index in [0.717, 1.165) is 44.5 Å². The Morgan fingerprint density at radius 3 is 2.45 bits per heavy atom. The van der Waals surface area contributed by atoms with Crippen LogP contribution in [0.1, 0.15) is 36.4 Å². The van der Waals surface area contributed by atoms with Gasteiger partial charge in [0, 0.05) is 13.1 Å². The SMILES string of the molecule is Cc1cccc([C@H](C(=O)N2CCC3(CCO3)CC2)N(C)C)c1. The summed E-state index contributed by atoms with van der Waals surface area (Å²) in [5.74, 6) is 0.213. The highest BCUT2D eigenvalue weighted by Gasteiger charge is 2.43. The molecule has 1 atom stereocenters. The van der Waals surface area contributed by atoms with Crippen molar-refractivity contribution < 1.29 is 9.53 Å². The molecule has 2 saturated heterocycles. The van der Waals surface area contributed by atoms with Crippen LogP contribution >= 0.6 is 0 Å². The monoisotopic (exact) mass is 302 g/mol. The molecule has 0 unspecified atom stereocenters. The number of carbonyl (C=O) groups is 1. The summed E-state index contributed by atoms with van der Waals surface area (Å²) in [6.45, 7) is 4.58. The molecule has 3 rings (SSSR count). The number of carbonyl (C=O) groups excluding carboxylic acids is 1. The van der Waals surface area contributed by atoms with E-state index in [-0.39, 0.29) is 17.6 Å². The fourth-order valence-electron chi connectivity index (χ4n) is 3.59. The molecule has 1 aromatic rings. The second kappa shape index (κ2) is 6.01. The molecule has 0 radical (unpaired) electrons. The number of benzene rings is 1. The summed E-state index contributed by atoms with van der Waals surface area (Å²) in [6, 6.07) is 8.07. The van der Waals surface area contributed by atoms with Crippen molar-refractivity contribution in [2.45, 2.75) is 37.8 Å². The maximum atomic E-state index is 13.0. The molecule has 0 saturated carbocycles. The van der Waals surface area contributed by atoms with Crippen LogP contribution in [0.15, 0.2) is 24.3 Å². The molecule has 2 heterocycles. The van der Waals surface area contributed by atoms with E-state index < -0.39 is 0 Å². The molecule has 2 aliphatic heterocycles. The Hall–Kier alpha value is -1.39. The van der Waals surface area contributed by atoms with Gasteiger partial charge in [-0.2, -0.15) is 0 Å². The first kappa shape index (κ1) is 15.5. The summed E-state index contributed by atoms with van der Waals surface area (Å²) >= 11 is 0. The van der Waals surface area contributed by atoms with E-state index in [1.54, 1.807) is 0 Å². The molecule has 22 heavy (non-hydrogen) atoms. The average molecular weight is 302 g/mol. The Bertz CT molecular complexity index is 542. The van der Waals surface area contributed by atoms with Gasteiger partial charge in [0.25, 0.3) is 0 Å². The predicted molar refractivity (Wildman–Crippen MR) is 86.7 cm³/mol. The van der Waals surface area contributed by atoms with Crippen molar-refractivity contribution in [1.82, 2.24) is 9.80 Å². The molecule has 1 aromatic carbocycles. The second-order valence-electron chi connectivity index (χ2n) is 6.89. The number of hydrogen-bond donors (Lipinski definition) is 0. The van der Waals surface area contributed by atoms with Crippen LogP contribution in [0.25, 0.3) is 0 Å². The number of rotatable bonds is 3. The zero-order chi connectivity index (χ0) is 15.7. The van der Waals surface area contributed by atoms with Crippen molar-refractivity contribution >= 4 is 5.91 Å². The number of piperidine rings is 1. The molecule has 1 spiro atoms. The van der Waals surface area contributed by atoms with E-state index >= 15 is 0 Å². The lowest BCUT2D eigenvalue weighted by atomic mass is 9.84. The van der Waals surface area contributed by atoms with Gasteiger partial charge in [-0.1, -0.05) is 29.8 Å². The van der Waals surface area contributed by atoms with Crippen molar-refractivity contribution in [3.63, 3.8) is 0 Å². The fraction of sp³-hybridized carbons (Fsp3) is 0.611. The van der Waals surface area contributed by atoms with Gasteiger partial charge < -0.3 is 9.64 Å². The van der Waals surface area contributed by atoms with Crippen LogP contribution in [0.2, 0.25) is 0 Å². The molecule has 2 fully saturated rings. The minimum absolute atomic E-state index is 0.0910. The van der Waals surface area contributed by atoms with Crippen LogP contribution in [-0.2, 0) is 9.53 Å². The average Bonchev–Trinajstić information content (AvgIpc) is 2.45. The molecule has 1 amide bonds. The Morgan fingerprint density at radius 1 is 1.27 bits per heavy atom. The smallest absolute Gasteiger partial charge is 0.244 e. The van der Waals surface area contributed by atoms with Gasteiger partial charge in [0.15, 0.2) is 0 Å². The van der Waals surface area contributed by atoms with Gasteiger partial charge in [0.2, 0.25) is 5.91 Å². The maximum absolute atomic E-state index is 13.0. The molecular formula is C18H26N2O2. The fourth-order valence-corrected chi connectivity index (χ4v) is 3.59. The minimum atomic E-state index is -0.198. The summed E-state index contributed by atoms with van der Waals surface area (Å²) < 4.78 is 5.75. The van der Waals surface area contributed by atoms with Crippen LogP contribution in [-0.4, -0.2) is 55.1 Å². The molecule has 0 N–H and O–H groups in total. The largest absolute Gasteiger partial charge is 0.375 e.